The summed E-state index contributed by atoms with van der Waals surface area (Å²) in [6, 6.07) is 12.6. The molecule has 0 bridgehead atoms. The average molecular weight is 430 g/mol. The molecule has 0 aliphatic rings. The van der Waals surface area contributed by atoms with Crippen LogP contribution in [0.4, 0.5) is 16.0 Å². The van der Waals surface area contributed by atoms with Crippen molar-refractivity contribution in [1.29, 1.82) is 0 Å². The molecule has 2 aromatic carbocycles. The van der Waals surface area contributed by atoms with Gasteiger partial charge in [-0.05, 0) is 61.0 Å². The highest BCUT2D eigenvalue weighted by Gasteiger charge is 2.20. The fourth-order valence-corrected chi connectivity index (χ4v) is 3.43. The number of carbonyl (C=O) groups excluding carboxylic acids is 1. The first kappa shape index (κ1) is 21.2. The SMILES string of the molecule is CC[C@H](Oc1ccc(F)cc1)C(=O)Nc1ccc(S(=O)(=O)Nc2ncccn2)cc1. The van der Waals surface area contributed by atoms with Gasteiger partial charge in [-0.15, -0.1) is 0 Å². The quantitative estimate of drug-likeness (QED) is 0.568. The monoisotopic (exact) mass is 430 g/mol. The number of carbonyl (C=O) groups is 1. The molecule has 2 N–H and O–H groups in total. The minimum absolute atomic E-state index is 0.0115. The number of hydrogen-bond donors (Lipinski definition) is 2. The molecule has 1 heterocycles. The van der Waals surface area contributed by atoms with Gasteiger partial charge in [-0.2, -0.15) is 0 Å². The van der Waals surface area contributed by atoms with Gasteiger partial charge in [-0.25, -0.2) is 27.5 Å². The van der Waals surface area contributed by atoms with Crippen LogP contribution in [0.2, 0.25) is 0 Å². The number of amides is 1. The van der Waals surface area contributed by atoms with Crippen molar-refractivity contribution in [3.05, 3.63) is 72.8 Å². The molecule has 10 heteroatoms. The van der Waals surface area contributed by atoms with E-state index in [4.69, 9.17) is 4.74 Å². The predicted molar refractivity (Wildman–Crippen MR) is 109 cm³/mol. The third kappa shape index (κ3) is 5.51. The topological polar surface area (TPSA) is 110 Å². The van der Waals surface area contributed by atoms with Gasteiger partial charge in [0.2, 0.25) is 5.95 Å². The molecule has 0 saturated heterocycles. The minimum Gasteiger partial charge on any atom is -0.481 e. The van der Waals surface area contributed by atoms with Crippen molar-refractivity contribution < 1.29 is 22.3 Å². The second-order valence-electron chi connectivity index (χ2n) is 6.16. The number of halogens is 1. The Labute approximate surface area is 173 Å². The van der Waals surface area contributed by atoms with E-state index in [-0.39, 0.29) is 10.8 Å². The molecule has 1 aromatic heterocycles. The van der Waals surface area contributed by atoms with Crippen LogP contribution in [-0.4, -0.2) is 30.4 Å². The molecule has 1 amide bonds. The van der Waals surface area contributed by atoms with Gasteiger partial charge >= 0.3 is 0 Å². The molecule has 30 heavy (non-hydrogen) atoms. The molecule has 8 nitrogen and oxygen atoms in total. The number of benzene rings is 2. The first-order chi connectivity index (χ1) is 14.4. The van der Waals surface area contributed by atoms with Crippen LogP contribution in [0.15, 0.2) is 71.9 Å². The summed E-state index contributed by atoms with van der Waals surface area (Å²) < 4.78 is 45.7. The lowest BCUT2D eigenvalue weighted by molar-refractivity contribution is -0.122. The summed E-state index contributed by atoms with van der Waals surface area (Å²) in [5, 5.41) is 2.67. The number of anilines is 2. The molecule has 0 saturated carbocycles. The average Bonchev–Trinajstić information content (AvgIpc) is 2.74. The van der Waals surface area contributed by atoms with Crippen LogP contribution in [-0.2, 0) is 14.8 Å². The fourth-order valence-electron chi connectivity index (χ4n) is 2.47. The summed E-state index contributed by atoms with van der Waals surface area (Å²) in [6.45, 7) is 1.78. The third-order valence-corrected chi connectivity index (χ3v) is 5.32. The van der Waals surface area contributed by atoms with E-state index in [1.165, 1.54) is 60.9 Å². The van der Waals surface area contributed by atoms with Crippen LogP contribution in [0.1, 0.15) is 13.3 Å². The van der Waals surface area contributed by atoms with Crippen molar-refractivity contribution in [1.82, 2.24) is 9.97 Å². The first-order valence-electron chi connectivity index (χ1n) is 9.00. The van der Waals surface area contributed by atoms with E-state index < -0.39 is 27.9 Å². The normalized spacial score (nSPS) is 12.1. The Morgan fingerprint density at radius 2 is 1.70 bits per heavy atom. The third-order valence-electron chi connectivity index (χ3n) is 3.98. The van der Waals surface area contributed by atoms with Gasteiger partial charge in [0.25, 0.3) is 15.9 Å². The summed E-state index contributed by atoms with van der Waals surface area (Å²) in [5.41, 5.74) is 0.399. The largest absolute Gasteiger partial charge is 0.481 e. The Kier molecular flexibility index (Phi) is 6.58. The van der Waals surface area contributed by atoms with Crippen LogP contribution in [0.5, 0.6) is 5.75 Å². The van der Waals surface area contributed by atoms with E-state index in [1.54, 1.807) is 13.0 Å². The molecule has 3 rings (SSSR count). The molecule has 0 aliphatic carbocycles. The molecular weight excluding hydrogens is 411 g/mol. The molecule has 0 spiro atoms. The van der Waals surface area contributed by atoms with Crippen molar-refractivity contribution in [2.45, 2.75) is 24.3 Å². The molecule has 156 valence electrons. The summed E-state index contributed by atoms with van der Waals surface area (Å²) in [6.07, 6.45) is 2.43. The van der Waals surface area contributed by atoms with Crippen molar-refractivity contribution in [2.75, 3.05) is 10.0 Å². The Hall–Kier alpha value is -3.53. The van der Waals surface area contributed by atoms with Gasteiger partial charge < -0.3 is 10.1 Å². The molecule has 0 radical (unpaired) electrons. The Morgan fingerprint density at radius 3 is 2.30 bits per heavy atom. The number of rotatable bonds is 8. The Bertz CT molecular complexity index is 1090. The number of sulfonamides is 1. The molecule has 0 unspecified atom stereocenters. The molecule has 0 fully saturated rings. The zero-order valence-corrected chi connectivity index (χ0v) is 16.8. The van der Waals surface area contributed by atoms with E-state index in [1.807, 2.05) is 0 Å². The van der Waals surface area contributed by atoms with Gasteiger partial charge in [0.15, 0.2) is 6.10 Å². The number of aromatic nitrogens is 2. The maximum Gasteiger partial charge on any atom is 0.265 e. The first-order valence-corrected chi connectivity index (χ1v) is 10.5. The minimum atomic E-state index is -3.87. The highest BCUT2D eigenvalue weighted by atomic mass is 32.2. The lowest BCUT2D eigenvalue weighted by Gasteiger charge is -2.17. The van der Waals surface area contributed by atoms with Crippen LogP contribution < -0.4 is 14.8 Å². The standard InChI is InChI=1S/C20H19FN4O4S/c1-2-18(29-16-8-4-14(21)5-9-16)19(26)24-15-6-10-17(11-7-15)30(27,28)25-20-22-12-3-13-23-20/h3-13,18H,2H2,1H3,(H,24,26)(H,22,23,25)/t18-/m0/s1. The van der Waals surface area contributed by atoms with E-state index in [2.05, 4.69) is 20.0 Å². The Morgan fingerprint density at radius 1 is 1.07 bits per heavy atom. The van der Waals surface area contributed by atoms with Gasteiger partial charge in [0.05, 0.1) is 4.90 Å². The van der Waals surface area contributed by atoms with E-state index >= 15 is 0 Å². The number of nitrogens with zero attached hydrogens (tertiary/aromatic N) is 2. The van der Waals surface area contributed by atoms with E-state index in [9.17, 15) is 17.6 Å². The van der Waals surface area contributed by atoms with Crippen LogP contribution in [0.3, 0.4) is 0 Å². The second-order valence-corrected chi connectivity index (χ2v) is 7.84. The lowest BCUT2D eigenvalue weighted by atomic mass is 10.2. The van der Waals surface area contributed by atoms with E-state index in [0.29, 0.717) is 17.9 Å². The summed E-state index contributed by atoms with van der Waals surface area (Å²) in [4.78, 5) is 20.1. The summed E-state index contributed by atoms with van der Waals surface area (Å²) in [7, 11) is -3.87. The van der Waals surface area contributed by atoms with Crippen LogP contribution >= 0.6 is 0 Å². The van der Waals surface area contributed by atoms with Crippen molar-refractivity contribution >= 4 is 27.6 Å². The zero-order chi connectivity index (χ0) is 21.6. The Balaban J connectivity index is 1.65. The zero-order valence-electron chi connectivity index (χ0n) is 15.9. The summed E-state index contributed by atoms with van der Waals surface area (Å²) in [5.74, 6) is -0.482. The van der Waals surface area contributed by atoms with Crippen LogP contribution in [0, 0.1) is 5.82 Å². The molecule has 1 atom stereocenters. The lowest BCUT2D eigenvalue weighted by Crippen LogP contribution is -2.32. The number of hydrogen-bond acceptors (Lipinski definition) is 6. The second kappa shape index (κ2) is 9.31. The fraction of sp³-hybridized carbons (Fsp3) is 0.150. The molecule has 3 aromatic rings. The van der Waals surface area contributed by atoms with Gasteiger partial charge in [0.1, 0.15) is 11.6 Å². The molecular formula is C20H19FN4O4S. The predicted octanol–water partition coefficient (Wildman–Crippen LogP) is 3.21. The molecule has 0 aliphatic heterocycles. The number of nitrogens with one attached hydrogen (secondary N) is 2. The highest BCUT2D eigenvalue weighted by Crippen LogP contribution is 2.18. The maximum absolute atomic E-state index is 13.0. The van der Waals surface area contributed by atoms with Crippen molar-refractivity contribution in [2.24, 2.45) is 0 Å². The highest BCUT2D eigenvalue weighted by molar-refractivity contribution is 7.92. The van der Waals surface area contributed by atoms with Crippen molar-refractivity contribution in [3.63, 3.8) is 0 Å². The van der Waals surface area contributed by atoms with Crippen LogP contribution in [0.25, 0.3) is 0 Å². The van der Waals surface area contributed by atoms with Gasteiger partial charge in [-0.3, -0.25) is 4.79 Å². The summed E-state index contributed by atoms with van der Waals surface area (Å²) >= 11 is 0. The van der Waals surface area contributed by atoms with Gasteiger partial charge in [-0.1, -0.05) is 6.92 Å². The maximum atomic E-state index is 13.0. The van der Waals surface area contributed by atoms with Gasteiger partial charge in [0, 0.05) is 18.1 Å². The van der Waals surface area contributed by atoms with E-state index in [0.717, 1.165) is 0 Å². The smallest absolute Gasteiger partial charge is 0.265 e. The number of ether oxygens (including phenoxy) is 1. The van der Waals surface area contributed by atoms with Crippen molar-refractivity contribution in [3.8, 4) is 5.75 Å².